The van der Waals surface area contributed by atoms with E-state index < -0.39 is 16.1 Å². The average Bonchev–Trinajstić information content (AvgIpc) is 2.77. The second kappa shape index (κ2) is 11.0. The maximum atomic E-state index is 11.4. The van der Waals surface area contributed by atoms with Crippen LogP contribution in [0.3, 0.4) is 0 Å². The molecule has 0 aliphatic heterocycles. The Balaban J connectivity index is 1.52. The monoisotopic (exact) mass is 480 g/mol. The lowest BCUT2D eigenvalue weighted by atomic mass is 9.82. The fraction of sp³-hybridized carbons (Fsp3) is 0.478. The van der Waals surface area contributed by atoms with Crippen LogP contribution >= 0.6 is 0 Å². The lowest BCUT2D eigenvalue weighted by Gasteiger charge is -2.27. The molecule has 1 aliphatic rings. The van der Waals surface area contributed by atoms with Gasteiger partial charge in [0, 0.05) is 19.2 Å². The zero-order chi connectivity index (χ0) is 24.0. The quantitative estimate of drug-likeness (QED) is 0.361. The van der Waals surface area contributed by atoms with Gasteiger partial charge in [-0.05, 0) is 60.6 Å². The van der Waals surface area contributed by atoms with Crippen molar-refractivity contribution in [2.45, 2.75) is 31.3 Å². The van der Waals surface area contributed by atoms with Crippen LogP contribution in [0.25, 0.3) is 0 Å². The Hall–Kier alpha value is -2.69. The van der Waals surface area contributed by atoms with Crippen molar-refractivity contribution < 1.29 is 32.8 Å². The summed E-state index contributed by atoms with van der Waals surface area (Å²) in [6.45, 7) is 1.06. The first kappa shape index (κ1) is 24.9. The topological polar surface area (TPSA) is 126 Å². The van der Waals surface area contributed by atoms with Gasteiger partial charge in [-0.2, -0.15) is 0 Å². The van der Waals surface area contributed by atoms with Crippen LogP contribution < -0.4 is 24.2 Å². The maximum absolute atomic E-state index is 11.4. The molecule has 2 aromatic rings. The molecule has 33 heavy (non-hydrogen) atoms. The first-order valence-electron chi connectivity index (χ1n) is 10.8. The molecule has 3 rings (SSSR count). The molecule has 2 aromatic carbocycles. The second-order valence-electron chi connectivity index (χ2n) is 8.17. The van der Waals surface area contributed by atoms with E-state index >= 15 is 0 Å². The van der Waals surface area contributed by atoms with Crippen LogP contribution in [0.15, 0.2) is 30.3 Å². The zero-order valence-corrected chi connectivity index (χ0v) is 19.9. The van der Waals surface area contributed by atoms with E-state index in [1.165, 1.54) is 29.3 Å². The minimum Gasteiger partial charge on any atom is -0.506 e. The molecule has 1 aliphatic carbocycles. The highest BCUT2D eigenvalue weighted by atomic mass is 32.2. The Labute approximate surface area is 194 Å². The van der Waals surface area contributed by atoms with Crippen molar-refractivity contribution in [2.24, 2.45) is 0 Å². The predicted octanol–water partition coefficient (Wildman–Crippen LogP) is 2.23. The molecule has 182 valence electrons. The van der Waals surface area contributed by atoms with Gasteiger partial charge in [0.15, 0.2) is 11.5 Å². The van der Waals surface area contributed by atoms with Gasteiger partial charge < -0.3 is 29.7 Å². The number of nitrogens with one attached hydrogen (secondary N) is 2. The van der Waals surface area contributed by atoms with Gasteiger partial charge in [-0.1, -0.05) is 0 Å². The number of phenolic OH excluding ortho intramolecular Hbond substituents is 1. The second-order valence-corrected chi connectivity index (χ2v) is 9.92. The summed E-state index contributed by atoms with van der Waals surface area (Å²) >= 11 is 0. The largest absolute Gasteiger partial charge is 0.506 e. The van der Waals surface area contributed by atoms with Crippen LogP contribution in [-0.2, 0) is 16.4 Å². The Bertz CT molecular complexity index is 1060. The molecule has 0 spiro atoms. The first-order valence-corrected chi connectivity index (χ1v) is 12.7. The van der Waals surface area contributed by atoms with E-state index in [1.54, 1.807) is 14.2 Å². The number of sulfonamides is 1. The Morgan fingerprint density at radius 2 is 1.88 bits per heavy atom. The number of fused-ring (bicyclic) bond motifs is 1. The van der Waals surface area contributed by atoms with E-state index in [-0.39, 0.29) is 18.0 Å². The van der Waals surface area contributed by atoms with E-state index in [2.05, 4.69) is 10.0 Å². The zero-order valence-electron chi connectivity index (χ0n) is 19.1. The number of aryl methyl sites for hydroxylation is 1. The summed E-state index contributed by atoms with van der Waals surface area (Å²) in [6, 6.07) is 8.30. The number of rotatable bonds is 11. The van der Waals surface area contributed by atoms with Gasteiger partial charge in [0.1, 0.15) is 24.2 Å². The molecule has 2 atom stereocenters. The van der Waals surface area contributed by atoms with Gasteiger partial charge >= 0.3 is 0 Å². The molecule has 0 fully saturated rings. The number of hydrogen-bond donors (Lipinski definition) is 4. The number of benzene rings is 2. The normalized spacial score (nSPS) is 16.5. The molecule has 0 heterocycles. The Morgan fingerprint density at radius 1 is 1.15 bits per heavy atom. The number of ether oxygens (including phenoxy) is 3. The Morgan fingerprint density at radius 3 is 2.58 bits per heavy atom. The number of aliphatic hydroxyl groups is 1. The molecule has 0 aromatic heterocycles. The van der Waals surface area contributed by atoms with E-state index in [4.69, 9.17) is 14.2 Å². The van der Waals surface area contributed by atoms with Crippen LogP contribution in [0.5, 0.6) is 23.0 Å². The van der Waals surface area contributed by atoms with Gasteiger partial charge in [0.2, 0.25) is 10.0 Å². The lowest BCUT2D eigenvalue weighted by Crippen LogP contribution is -2.34. The summed E-state index contributed by atoms with van der Waals surface area (Å²) in [7, 11) is -0.274. The summed E-state index contributed by atoms with van der Waals surface area (Å²) in [4.78, 5) is 0. The summed E-state index contributed by atoms with van der Waals surface area (Å²) in [5.74, 6) is 1.89. The molecule has 0 radical (unpaired) electrons. The maximum Gasteiger partial charge on any atom is 0.229 e. The molecular formula is C23H32N2O7S. The van der Waals surface area contributed by atoms with Crippen molar-refractivity contribution in [1.29, 1.82) is 0 Å². The molecule has 0 saturated heterocycles. The third-order valence-corrected chi connectivity index (χ3v) is 6.15. The summed E-state index contributed by atoms with van der Waals surface area (Å²) in [5, 5.41) is 23.4. The fourth-order valence-electron chi connectivity index (χ4n) is 4.00. The highest BCUT2D eigenvalue weighted by Gasteiger charge is 2.23. The lowest BCUT2D eigenvalue weighted by molar-refractivity contribution is 0.106. The molecule has 0 bridgehead atoms. The molecule has 0 saturated carbocycles. The van der Waals surface area contributed by atoms with E-state index in [1.807, 2.05) is 12.1 Å². The summed E-state index contributed by atoms with van der Waals surface area (Å²) in [5.41, 5.74) is 2.53. The van der Waals surface area contributed by atoms with Crippen molar-refractivity contribution in [3.8, 4) is 23.0 Å². The van der Waals surface area contributed by atoms with Gasteiger partial charge in [0.05, 0.1) is 26.2 Å². The van der Waals surface area contributed by atoms with Gasteiger partial charge in [-0.3, -0.25) is 4.72 Å². The SMILES string of the molecule is COc1cc2c(cc1OC)C(CNC[C@@H](O)COc1ccc(O)c(NS(C)(=O)=O)c1)CCC2. The fourth-order valence-corrected chi connectivity index (χ4v) is 4.56. The van der Waals surface area contributed by atoms with Crippen molar-refractivity contribution in [3.63, 3.8) is 0 Å². The minimum atomic E-state index is -3.54. The molecule has 9 nitrogen and oxygen atoms in total. The van der Waals surface area contributed by atoms with Crippen LogP contribution in [0.4, 0.5) is 5.69 Å². The standard InChI is InChI=1S/C23H32N2O7S/c1-30-22-9-15-5-4-6-16(19(15)11-23(22)31-2)12-24-13-17(26)14-32-18-7-8-21(27)20(10-18)25-33(3,28)29/h7-11,16-17,24-27H,4-6,12-14H2,1-3H3/t16?,17-/m1/s1. The van der Waals surface area contributed by atoms with Gasteiger partial charge in [-0.15, -0.1) is 0 Å². The third kappa shape index (κ3) is 6.89. The van der Waals surface area contributed by atoms with Crippen molar-refractivity contribution in [2.75, 3.05) is 44.9 Å². The molecule has 0 amide bonds. The first-order chi connectivity index (χ1) is 15.7. The number of hydrogen-bond acceptors (Lipinski definition) is 8. The average molecular weight is 481 g/mol. The van der Waals surface area contributed by atoms with Crippen LogP contribution in [0.2, 0.25) is 0 Å². The number of anilines is 1. The summed E-state index contributed by atoms with van der Waals surface area (Å²) < 4.78 is 41.5. The highest BCUT2D eigenvalue weighted by Crippen LogP contribution is 2.39. The van der Waals surface area contributed by atoms with Crippen molar-refractivity contribution in [3.05, 3.63) is 41.5 Å². The van der Waals surface area contributed by atoms with Gasteiger partial charge in [-0.25, -0.2) is 8.42 Å². The molecule has 10 heteroatoms. The van der Waals surface area contributed by atoms with Crippen LogP contribution in [0, 0.1) is 0 Å². The van der Waals surface area contributed by atoms with E-state index in [0.29, 0.717) is 24.8 Å². The van der Waals surface area contributed by atoms with Crippen molar-refractivity contribution in [1.82, 2.24) is 5.32 Å². The number of phenols is 1. The molecule has 4 N–H and O–H groups in total. The summed E-state index contributed by atoms with van der Waals surface area (Å²) in [6.07, 6.45) is 3.37. The number of aromatic hydroxyl groups is 1. The smallest absolute Gasteiger partial charge is 0.229 e. The number of methoxy groups -OCH3 is 2. The van der Waals surface area contributed by atoms with Gasteiger partial charge in [0.25, 0.3) is 0 Å². The van der Waals surface area contributed by atoms with E-state index in [0.717, 1.165) is 37.0 Å². The highest BCUT2D eigenvalue weighted by molar-refractivity contribution is 7.92. The molecular weight excluding hydrogens is 448 g/mol. The van der Waals surface area contributed by atoms with E-state index in [9.17, 15) is 18.6 Å². The van der Waals surface area contributed by atoms with Crippen molar-refractivity contribution >= 4 is 15.7 Å². The third-order valence-electron chi connectivity index (χ3n) is 5.56. The molecule has 1 unspecified atom stereocenters. The minimum absolute atomic E-state index is 0.0162. The van der Waals surface area contributed by atoms with Crippen LogP contribution in [-0.4, -0.2) is 64.9 Å². The number of aliphatic hydroxyl groups excluding tert-OH is 1. The Kier molecular flexibility index (Phi) is 8.28. The van der Waals surface area contributed by atoms with Crippen LogP contribution in [0.1, 0.15) is 29.9 Å². The predicted molar refractivity (Wildman–Crippen MR) is 126 cm³/mol.